The lowest BCUT2D eigenvalue weighted by atomic mass is 10.1. The highest BCUT2D eigenvalue weighted by molar-refractivity contribution is 14.1. The van der Waals surface area contributed by atoms with Crippen LogP contribution in [0.4, 0.5) is 0 Å². The molecular weight excluding hydrogens is 393 g/mol. The highest BCUT2D eigenvalue weighted by atomic mass is 127. The van der Waals surface area contributed by atoms with Crippen molar-refractivity contribution in [3.63, 3.8) is 0 Å². The van der Waals surface area contributed by atoms with Gasteiger partial charge in [-0.3, -0.25) is 4.79 Å². The number of carbonyl (C=O) groups is 1. The van der Waals surface area contributed by atoms with E-state index in [0.717, 1.165) is 8.04 Å². The van der Waals surface area contributed by atoms with Crippen molar-refractivity contribution in [3.05, 3.63) is 44.5 Å². The molecule has 1 aromatic rings. The third-order valence-electron chi connectivity index (χ3n) is 2.37. The van der Waals surface area contributed by atoms with E-state index in [1.54, 1.807) is 11.0 Å². The molecule has 0 unspecified atom stereocenters. The van der Waals surface area contributed by atoms with Crippen molar-refractivity contribution in [3.8, 4) is 0 Å². The molecule has 0 aliphatic carbocycles. The molecule has 0 spiro atoms. The molecule has 4 heteroatoms. The summed E-state index contributed by atoms with van der Waals surface area (Å²) in [7, 11) is 0. The van der Waals surface area contributed by atoms with Gasteiger partial charge in [-0.05, 0) is 70.6 Å². The van der Waals surface area contributed by atoms with Gasteiger partial charge in [-0.15, -0.1) is 6.58 Å². The highest BCUT2D eigenvalue weighted by Gasteiger charge is 2.19. The van der Waals surface area contributed by atoms with E-state index in [1.807, 2.05) is 32.0 Å². The molecule has 0 aliphatic heterocycles. The third-order valence-corrected chi connectivity index (χ3v) is 3.73. The number of amides is 1. The first-order chi connectivity index (χ1) is 7.97. The zero-order valence-corrected chi connectivity index (χ0v) is 13.7. The molecule has 0 aromatic heterocycles. The monoisotopic (exact) mass is 407 g/mol. The molecule has 1 aromatic carbocycles. The first-order valence-electron chi connectivity index (χ1n) is 5.34. The van der Waals surface area contributed by atoms with Crippen LogP contribution in [0.15, 0.2) is 35.3 Å². The fourth-order valence-electron chi connectivity index (χ4n) is 1.48. The molecule has 92 valence electrons. The second-order valence-corrected chi connectivity index (χ2v) is 6.06. The van der Waals surface area contributed by atoms with Crippen molar-refractivity contribution in [2.75, 3.05) is 6.54 Å². The van der Waals surface area contributed by atoms with Crippen LogP contribution >= 0.6 is 38.5 Å². The van der Waals surface area contributed by atoms with Crippen LogP contribution < -0.4 is 0 Å². The Morgan fingerprint density at radius 2 is 2.24 bits per heavy atom. The van der Waals surface area contributed by atoms with E-state index in [2.05, 4.69) is 45.1 Å². The number of hydrogen-bond acceptors (Lipinski definition) is 1. The molecule has 1 rings (SSSR count). The predicted molar refractivity (Wildman–Crippen MR) is 83.2 cm³/mol. The van der Waals surface area contributed by atoms with E-state index >= 15 is 0 Å². The molecule has 17 heavy (non-hydrogen) atoms. The summed E-state index contributed by atoms with van der Waals surface area (Å²) in [6.07, 6.45) is 1.75. The molecule has 0 saturated carbocycles. The SMILES string of the molecule is C=CCN(C(=O)c1cc(I)ccc1Br)C(C)C. The predicted octanol–water partition coefficient (Wildman–Crippen LogP) is 4.09. The van der Waals surface area contributed by atoms with Gasteiger partial charge in [-0.1, -0.05) is 6.08 Å². The molecule has 0 fully saturated rings. The standard InChI is InChI=1S/C13H15BrINO/c1-4-7-16(9(2)3)13(17)11-8-10(15)5-6-12(11)14/h4-6,8-9H,1,7H2,2-3H3. The van der Waals surface area contributed by atoms with E-state index in [1.165, 1.54) is 0 Å². The van der Waals surface area contributed by atoms with E-state index in [0.29, 0.717) is 12.1 Å². The second kappa shape index (κ2) is 6.54. The lowest BCUT2D eigenvalue weighted by molar-refractivity contribution is 0.0728. The summed E-state index contributed by atoms with van der Waals surface area (Å²) >= 11 is 5.63. The zero-order valence-electron chi connectivity index (χ0n) is 9.91. The van der Waals surface area contributed by atoms with Crippen molar-refractivity contribution in [2.24, 2.45) is 0 Å². The van der Waals surface area contributed by atoms with Gasteiger partial charge in [-0.25, -0.2) is 0 Å². The van der Waals surface area contributed by atoms with Crippen LogP contribution in [0.3, 0.4) is 0 Å². The number of halogens is 2. The molecule has 2 nitrogen and oxygen atoms in total. The summed E-state index contributed by atoms with van der Waals surface area (Å²) in [4.78, 5) is 14.2. The minimum Gasteiger partial charge on any atom is -0.332 e. The van der Waals surface area contributed by atoms with Crippen LogP contribution in [0.2, 0.25) is 0 Å². The fourth-order valence-corrected chi connectivity index (χ4v) is 2.39. The Balaban J connectivity index is 3.08. The Labute approximate surface area is 124 Å². The first-order valence-corrected chi connectivity index (χ1v) is 7.21. The van der Waals surface area contributed by atoms with Crippen LogP contribution in [-0.4, -0.2) is 23.4 Å². The van der Waals surface area contributed by atoms with Crippen LogP contribution in [0, 0.1) is 3.57 Å². The number of carbonyl (C=O) groups excluding carboxylic acids is 1. The molecule has 1 amide bonds. The molecule has 0 N–H and O–H groups in total. The Kier molecular flexibility index (Phi) is 5.66. The third kappa shape index (κ3) is 3.81. The topological polar surface area (TPSA) is 20.3 Å². The van der Waals surface area contributed by atoms with Gasteiger partial charge in [0.25, 0.3) is 5.91 Å². The Morgan fingerprint density at radius 3 is 2.76 bits per heavy atom. The smallest absolute Gasteiger partial charge is 0.255 e. The lowest BCUT2D eigenvalue weighted by Gasteiger charge is -2.26. The van der Waals surface area contributed by atoms with Crippen molar-refractivity contribution in [2.45, 2.75) is 19.9 Å². The van der Waals surface area contributed by atoms with Gasteiger partial charge in [0.05, 0.1) is 5.56 Å². The molecule has 0 aliphatic rings. The number of nitrogens with zero attached hydrogens (tertiary/aromatic N) is 1. The summed E-state index contributed by atoms with van der Waals surface area (Å²) in [6.45, 7) is 8.26. The Bertz CT molecular complexity index is 431. The maximum absolute atomic E-state index is 12.4. The minimum absolute atomic E-state index is 0.0327. The van der Waals surface area contributed by atoms with Crippen LogP contribution in [0.5, 0.6) is 0 Å². The van der Waals surface area contributed by atoms with Crippen molar-refractivity contribution >= 4 is 44.4 Å². The van der Waals surface area contributed by atoms with Crippen molar-refractivity contribution < 1.29 is 4.79 Å². The highest BCUT2D eigenvalue weighted by Crippen LogP contribution is 2.21. The molecule has 0 atom stereocenters. The minimum atomic E-state index is 0.0327. The molecule has 0 bridgehead atoms. The van der Waals surface area contributed by atoms with Crippen LogP contribution in [0.25, 0.3) is 0 Å². The molecule has 0 radical (unpaired) electrons. The van der Waals surface area contributed by atoms with Gasteiger partial charge < -0.3 is 4.90 Å². The van der Waals surface area contributed by atoms with Gasteiger partial charge in [0.2, 0.25) is 0 Å². The van der Waals surface area contributed by atoms with Gasteiger partial charge in [0.15, 0.2) is 0 Å². The maximum Gasteiger partial charge on any atom is 0.255 e. The number of benzene rings is 1. The number of rotatable bonds is 4. The van der Waals surface area contributed by atoms with Crippen molar-refractivity contribution in [1.82, 2.24) is 4.90 Å². The van der Waals surface area contributed by atoms with Gasteiger partial charge in [0.1, 0.15) is 0 Å². The van der Waals surface area contributed by atoms with E-state index in [-0.39, 0.29) is 11.9 Å². The molecular formula is C13H15BrINO. The van der Waals surface area contributed by atoms with Crippen LogP contribution in [0.1, 0.15) is 24.2 Å². The van der Waals surface area contributed by atoms with Gasteiger partial charge >= 0.3 is 0 Å². The summed E-state index contributed by atoms with van der Waals surface area (Å²) < 4.78 is 1.88. The quantitative estimate of drug-likeness (QED) is 0.543. The summed E-state index contributed by atoms with van der Waals surface area (Å²) in [5, 5.41) is 0. The summed E-state index contributed by atoms with van der Waals surface area (Å²) in [5.41, 5.74) is 0.701. The molecule has 0 heterocycles. The maximum atomic E-state index is 12.4. The number of hydrogen-bond donors (Lipinski definition) is 0. The van der Waals surface area contributed by atoms with E-state index in [9.17, 15) is 4.79 Å². The van der Waals surface area contributed by atoms with Crippen LogP contribution in [-0.2, 0) is 0 Å². The lowest BCUT2D eigenvalue weighted by Crippen LogP contribution is -2.37. The van der Waals surface area contributed by atoms with Gasteiger partial charge in [0, 0.05) is 20.6 Å². The van der Waals surface area contributed by atoms with Gasteiger partial charge in [-0.2, -0.15) is 0 Å². The average molecular weight is 408 g/mol. The normalized spacial score (nSPS) is 10.4. The Hall–Kier alpha value is -0.360. The molecule has 0 saturated heterocycles. The van der Waals surface area contributed by atoms with Crippen molar-refractivity contribution in [1.29, 1.82) is 0 Å². The second-order valence-electron chi connectivity index (χ2n) is 3.96. The zero-order chi connectivity index (χ0) is 13.0. The van der Waals surface area contributed by atoms with E-state index in [4.69, 9.17) is 0 Å². The van der Waals surface area contributed by atoms with E-state index < -0.39 is 0 Å². The largest absolute Gasteiger partial charge is 0.332 e. The first kappa shape index (κ1) is 14.7. The summed E-state index contributed by atoms with van der Waals surface area (Å²) in [6, 6.07) is 5.92. The Morgan fingerprint density at radius 1 is 1.59 bits per heavy atom. The fraction of sp³-hybridized carbons (Fsp3) is 0.308. The summed E-state index contributed by atoms with van der Waals surface area (Å²) in [5.74, 6) is 0.0327. The average Bonchev–Trinajstić information content (AvgIpc) is 2.28.